The molecule has 0 aliphatic rings. The summed E-state index contributed by atoms with van der Waals surface area (Å²) in [6.07, 6.45) is 1.78. The Bertz CT molecular complexity index is 338. The molecule has 0 heterocycles. The number of ether oxygens (including phenoxy) is 1. The number of nitrogens with one attached hydrogen (secondary N) is 1. The van der Waals surface area contributed by atoms with E-state index in [1.807, 2.05) is 6.92 Å². The number of rotatable bonds is 5. The zero-order chi connectivity index (χ0) is 11.3. The Balaban J connectivity index is 2.72. The van der Waals surface area contributed by atoms with E-state index in [0.29, 0.717) is 12.1 Å². The fraction of sp³-hybridized carbons (Fsp3) is 0.333. The molecule has 0 bridgehead atoms. The van der Waals surface area contributed by atoms with Crippen LogP contribution in [0.25, 0.3) is 0 Å². The molecule has 0 aromatic heterocycles. The van der Waals surface area contributed by atoms with Crippen LogP contribution < -0.4 is 10.1 Å². The molecule has 1 aromatic carbocycles. The van der Waals surface area contributed by atoms with Gasteiger partial charge in [0.15, 0.2) is 11.6 Å². The van der Waals surface area contributed by atoms with E-state index in [1.165, 1.54) is 7.11 Å². The first-order valence-electron chi connectivity index (χ1n) is 4.86. The Morgan fingerprint density at radius 2 is 2.33 bits per heavy atom. The summed E-state index contributed by atoms with van der Waals surface area (Å²) < 4.78 is 18.5. The molecule has 0 aliphatic carbocycles. The third kappa shape index (κ3) is 3.06. The molecule has 0 amide bonds. The van der Waals surface area contributed by atoms with Crippen molar-refractivity contribution in [1.29, 1.82) is 0 Å². The molecule has 3 heteroatoms. The lowest BCUT2D eigenvalue weighted by Gasteiger charge is -2.11. The van der Waals surface area contributed by atoms with Crippen molar-refractivity contribution >= 4 is 0 Å². The summed E-state index contributed by atoms with van der Waals surface area (Å²) in [5.74, 6) is -0.0238. The molecule has 1 rings (SSSR count). The van der Waals surface area contributed by atoms with Crippen LogP contribution in [0, 0.1) is 5.82 Å². The smallest absolute Gasteiger partial charge is 0.169 e. The third-order valence-corrected chi connectivity index (χ3v) is 2.23. The Kier molecular flexibility index (Phi) is 4.31. The normalized spacial score (nSPS) is 12.2. The van der Waals surface area contributed by atoms with E-state index in [2.05, 4.69) is 11.9 Å². The molecule has 0 fully saturated rings. The summed E-state index contributed by atoms with van der Waals surface area (Å²) in [6.45, 7) is 6.08. The molecule has 15 heavy (non-hydrogen) atoms. The van der Waals surface area contributed by atoms with Gasteiger partial charge in [-0.15, -0.1) is 6.58 Å². The summed E-state index contributed by atoms with van der Waals surface area (Å²) in [4.78, 5) is 0. The minimum Gasteiger partial charge on any atom is -0.494 e. The van der Waals surface area contributed by atoms with Gasteiger partial charge in [-0.25, -0.2) is 4.39 Å². The highest BCUT2D eigenvalue weighted by molar-refractivity contribution is 5.30. The number of hydrogen-bond acceptors (Lipinski definition) is 2. The number of methoxy groups -OCH3 is 1. The highest BCUT2D eigenvalue weighted by Gasteiger charge is 2.08. The van der Waals surface area contributed by atoms with Crippen LogP contribution in [0.5, 0.6) is 5.75 Å². The minimum atomic E-state index is -0.302. The van der Waals surface area contributed by atoms with E-state index in [-0.39, 0.29) is 17.6 Å². The highest BCUT2D eigenvalue weighted by atomic mass is 19.1. The molecule has 0 radical (unpaired) electrons. The maximum atomic E-state index is 13.6. The van der Waals surface area contributed by atoms with Gasteiger partial charge in [-0.2, -0.15) is 0 Å². The molecule has 0 spiro atoms. The van der Waals surface area contributed by atoms with Gasteiger partial charge in [0.1, 0.15) is 0 Å². The highest BCUT2D eigenvalue weighted by Crippen LogP contribution is 2.19. The molecule has 0 saturated heterocycles. The fourth-order valence-electron chi connectivity index (χ4n) is 1.20. The maximum Gasteiger partial charge on any atom is 0.169 e. The lowest BCUT2D eigenvalue weighted by atomic mass is 10.2. The molecular formula is C12H16FNO. The van der Waals surface area contributed by atoms with Gasteiger partial charge in [0.2, 0.25) is 0 Å². The first-order chi connectivity index (χ1) is 7.19. The lowest BCUT2D eigenvalue weighted by molar-refractivity contribution is 0.383. The first kappa shape index (κ1) is 11.7. The Morgan fingerprint density at radius 3 is 2.93 bits per heavy atom. The van der Waals surface area contributed by atoms with E-state index < -0.39 is 0 Å². The number of benzene rings is 1. The SMILES string of the molecule is C=CC(C)NCc1cccc(OC)c1F. The third-order valence-electron chi connectivity index (χ3n) is 2.23. The van der Waals surface area contributed by atoms with E-state index >= 15 is 0 Å². The number of halogens is 1. The van der Waals surface area contributed by atoms with E-state index in [1.54, 1.807) is 24.3 Å². The van der Waals surface area contributed by atoms with Gasteiger partial charge in [-0.3, -0.25) is 0 Å². The average Bonchev–Trinajstić information content (AvgIpc) is 2.27. The minimum absolute atomic E-state index is 0.163. The Labute approximate surface area is 89.8 Å². The van der Waals surface area contributed by atoms with Crippen molar-refractivity contribution in [2.24, 2.45) is 0 Å². The predicted molar refractivity (Wildman–Crippen MR) is 59.5 cm³/mol. The van der Waals surface area contributed by atoms with Crippen molar-refractivity contribution in [3.05, 3.63) is 42.2 Å². The number of hydrogen-bond donors (Lipinski definition) is 1. The van der Waals surface area contributed by atoms with Crippen LogP contribution in [-0.4, -0.2) is 13.2 Å². The quantitative estimate of drug-likeness (QED) is 0.752. The first-order valence-corrected chi connectivity index (χ1v) is 4.86. The summed E-state index contributed by atoms with van der Waals surface area (Å²) in [5, 5.41) is 3.13. The molecule has 1 N–H and O–H groups in total. The standard InChI is InChI=1S/C12H16FNO/c1-4-9(2)14-8-10-6-5-7-11(15-3)12(10)13/h4-7,9,14H,1,8H2,2-3H3. The van der Waals surface area contributed by atoms with Crippen molar-refractivity contribution in [1.82, 2.24) is 5.32 Å². The second-order valence-electron chi connectivity index (χ2n) is 3.34. The second-order valence-corrected chi connectivity index (χ2v) is 3.34. The van der Waals surface area contributed by atoms with Gasteiger partial charge < -0.3 is 10.1 Å². The van der Waals surface area contributed by atoms with Crippen LogP contribution >= 0.6 is 0 Å². The van der Waals surface area contributed by atoms with Gasteiger partial charge in [-0.1, -0.05) is 18.2 Å². The van der Waals surface area contributed by atoms with Crippen molar-refractivity contribution in [3.63, 3.8) is 0 Å². The van der Waals surface area contributed by atoms with E-state index in [4.69, 9.17) is 4.74 Å². The van der Waals surface area contributed by atoms with Crippen LogP contribution in [0.2, 0.25) is 0 Å². The van der Waals surface area contributed by atoms with Gasteiger partial charge >= 0.3 is 0 Å². The van der Waals surface area contributed by atoms with Gasteiger partial charge in [0.05, 0.1) is 7.11 Å². The zero-order valence-corrected chi connectivity index (χ0v) is 9.09. The van der Waals surface area contributed by atoms with Crippen LogP contribution in [0.3, 0.4) is 0 Å². The monoisotopic (exact) mass is 209 g/mol. The molecule has 82 valence electrons. The summed E-state index contributed by atoms with van der Waals surface area (Å²) >= 11 is 0. The molecule has 1 unspecified atom stereocenters. The average molecular weight is 209 g/mol. The summed E-state index contributed by atoms with van der Waals surface area (Å²) in [7, 11) is 1.46. The maximum absolute atomic E-state index is 13.6. The van der Waals surface area contributed by atoms with E-state index in [9.17, 15) is 4.39 Å². The molecule has 1 atom stereocenters. The van der Waals surface area contributed by atoms with Crippen molar-refractivity contribution in [2.75, 3.05) is 7.11 Å². The van der Waals surface area contributed by atoms with Crippen LogP contribution in [0.15, 0.2) is 30.9 Å². The molecule has 0 aliphatic heterocycles. The largest absolute Gasteiger partial charge is 0.494 e. The van der Waals surface area contributed by atoms with Gasteiger partial charge in [0.25, 0.3) is 0 Å². The Hall–Kier alpha value is -1.35. The second kappa shape index (κ2) is 5.51. The van der Waals surface area contributed by atoms with Crippen LogP contribution in [0.1, 0.15) is 12.5 Å². The van der Waals surface area contributed by atoms with Crippen molar-refractivity contribution in [2.45, 2.75) is 19.5 Å². The Morgan fingerprint density at radius 1 is 1.60 bits per heavy atom. The van der Waals surface area contributed by atoms with Crippen molar-refractivity contribution < 1.29 is 9.13 Å². The summed E-state index contributed by atoms with van der Waals surface area (Å²) in [5.41, 5.74) is 0.600. The lowest BCUT2D eigenvalue weighted by Crippen LogP contribution is -2.23. The summed E-state index contributed by atoms with van der Waals surface area (Å²) in [6, 6.07) is 5.28. The molecule has 2 nitrogen and oxygen atoms in total. The zero-order valence-electron chi connectivity index (χ0n) is 9.09. The van der Waals surface area contributed by atoms with Crippen molar-refractivity contribution in [3.8, 4) is 5.75 Å². The van der Waals surface area contributed by atoms with E-state index in [0.717, 1.165) is 0 Å². The van der Waals surface area contributed by atoms with Crippen LogP contribution in [-0.2, 0) is 6.54 Å². The van der Waals surface area contributed by atoms with Gasteiger partial charge in [-0.05, 0) is 13.0 Å². The predicted octanol–water partition coefficient (Wildman–Crippen LogP) is 2.50. The fourth-order valence-corrected chi connectivity index (χ4v) is 1.20. The molecule has 1 aromatic rings. The molecular weight excluding hydrogens is 193 g/mol. The molecule has 0 saturated carbocycles. The van der Waals surface area contributed by atoms with Crippen LogP contribution in [0.4, 0.5) is 4.39 Å². The topological polar surface area (TPSA) is 21.3 Å². The van der Waals surface area contributed by atoms with Gasteiger partial charge in [0, 0.05) is 18.2 Å².